The third-order valence-electron chi connectivity index (χ3n) is 11.2. The summed E-state index contributed by atoms with van der Waals surface area (Å²) in [5.74, 6) is 2.83. The zero-order valence-electron chi connectivity index (χ0n) is 23.5. The molecule has 8 rings (SSSR count). The number of benzene rings is 1. The summed E-state index contributed by atoms with van der Waals surface area (Å²) in [6.45, 7) is 0.668. The van der Waals surface area contributed by atoms with E-state index in [4.69, 9.17) is 4.74 Å². The maximum absolute atomic E-state index is 14.2. The van der Waals surface area contributed by atoms with Crippen LogP contribution in [0.25, 0.3) is 0 Å². The second-order valence-electron chi connectivity index (χ2n) is 14.0. The summed E-state index contributed by atoms with van der Waals surface area (Å²) in [4.78, 5) is 29.7. The lowest BCUT2D eigenvalue weighted by molar-refractivity contribution is -0.146. The molecule has 0 aromatic heterocycles. The van der Waals surface area contributed by atoms with Gasteiger partial charge in [0.2, 0.25) is 11.8 Å². The van der Waals surface area contributed by atoms with Crippen LogP contribution in [0, 0.1) is 29.1 Å². The first-order chi connectivity index (χ1) is 19.4. The van der Waals surface area contributed by atoms with E-state index < -0.39 is 24.2 Å². The fraction of sp³-hybridized carbons (Fsp3) is 0.697. The number of aliphatic hydroxyl groups excluding tert-OH is 2. The van der Waals surface area contributed by atoms with Crippen LogP contribution in [0.5, 0.6) is 5.75 Å². The molecule has 2 amide bonds. The highest BCUT2D eigenvalue weighted by Gasteiger charge is 2.55. The van der Waals surface area contributed by atoms with E-state index in [1.165, 1.54) is 51.4 Å². The molecule has 5 saturated carbocycles. The second-order valence-corrected chi connectivity index (χ2v) is 14.0. The Morgan fingerprint density at radius 2 is 1.70 bits per heavy atom. The third-order valence-corrected chi connectivity index (χ3v) is 11.2. The number of rotatable bonds is 8. The molecule has 7 aliphatic rings. The number of para-hydroxylation sites is 1. The number of hydrogen-bond donors (Lipinski definition) is 3. The molecule has 7 nitrogen and oxygen atoms in total. The highest BCUT2D eigenvalue weighted by Crippen LogP contribution is 2.60. The number of nitrogens with one attached hydrogen (secondary N) is 1. The molecule has 6 aliphatic carbocycles. The van der Waals surface area contributed by atoms with Gasteiger partial charge in [-0.1, -0.05) is 31.0 Å². The summed E-state index contributed by atoms with van der Waals surface area (Å²) in [5, 5.41) is 24.2. The first kappa shape index (κ1) is 26.5. The van der Waals surface area contributed by atoms with Gasteiger partial charge in [0.1, 0.15) is 18.0 Å². The third kappa shape index (κ3) is 4.67. The number of carbonyl (C=O) groups is 2. The van der Waals surface area contributed by atoms with Crippen molar-refractivity contribution in [1.82, 2.24) is 10.2 Å². The topological polar surface area (TPSA) is 99.1 Å². The van der Waals surface area contributed by atoms with Crippen molar-refractivity contribution in [1.29, 1.82) is 0 Å². The van der Waals surface area contributed by atoms with E-state index in [0.29, 0.717) is 30.2 Å². The normalized spacial score (nSPS) is 37.5. The van der Waals surface area contributed by atoms with Crippen LogP contribution in [-0.2, 0) is 9.59 Å². The molecule has 4 atom stereocenters. The molecule has 0 unspecified atom stereocenters. The van der Waals surface area contributed by atoms with Gasteiger partial charge in [-0.3, -0.25) is 9.59 Å². The van der Waals surface area contributed by atoms with Gasteiger partial charge in [0.05, 0.1) is 18.6 Å². The van der Waals surface area contributed by atoms with Crippen LogP contribution in [-0.4, -0.2) is 64.9 Å². The van der Waals surface area contributed by atoms with Crippen LogP contribution < -0.4 is 10.1 Å². The zero-order chi connectivity index (χ0) is 27.4. The van der Waals surface area contributed by atoms with E-state index in [0.717, 1.165) is 36.2 Å². The summed E-state index contributed by atoms with van der Waals surface area (Å²) < 4.78 is 6.34. The average molecular weight is 549 g/mol. The predicted octanol–water partition coefficient (Wildman–Crippen LogP) is 3.93. The smallest absolute Gasteiger partial charge is 0.247 e. The van der Waals surface area contributed by atoms with Crippen LogP contribution in [0.15, 0.2) is 35.9 Å². The minimum atomic E-state index is -0.937. The number of ether oxygens (including phenoxy) is 1. The number of nitrogens with zero attached hydrogens (tertiary/aromatic N) is 1. The average Bonchev–Trinajstić information content (AvgIpc) is 3.58. The summed E-state index contributed by atoms with van der Waals surface area (Å²) in [6.07, 6.45) is 12.9. The first-order valence-electron chi connectivity index (χ1n) is 15.8. The van der Waals surface area contributed by atoms with Gasteiger partial charge in [-0.25, -0.2) is 0 Å². The molecule has 1 heterocycles. The van der Waals surface area contributed by atoms with Gasteiger partial charge in [0, 0.05) is 30.6 Å². The standard InChI is InChI=1S/C33H44N2O5/c36-10-9-34-32(39)25-15-26(30(38)31-29(25)24-7-3-4-8-27(24)40-31)35(28(37)14-20-5-1-2-6-20)19-33-16-21-11-22(17-33)13-23(12-21)18-33/h3-4,7-8,15,20-23,26,29-31,36,38H,1-2,5-6,9-14,16-19H2,(H,34,39)/t21?,22?,23?,26-,29+,30+,31+,33?/m1/s1. The van der Waals surface area contributed by atoms with Gasteiger partial charge in [0.25, 0.3) is 0 Å². The van der Waals surface area contributed by atoms with Crippen molar-refractivity contribution in [2.75, 3.05) is 19.7 Å². The van der Waals surface area contributed by atoms with Crippen molar-refractivity contribution >= 4 is 11.8 Å². The zero-order valence-corrected chi connectivity index (χ0v) is 23.5. The summed E-state index contributed by atoms with van der Waals surface area (Å²) in [7, 11) is 0. The van der Waals surface area contributed by atoms with Gasteiger partial charge < -0.3 is 25.2 Å². The number of fused-ring (bicyclic) bond motifs is 3. The minimum absolute atomic E-state index is 0.114. The van der Waals surface area contributed by atoms with Crippen molar-refractivity contribution in [2.24, 2.45) is 29.1 Å². The maximum atomic E-state index is 14.2. The molecule has 40 heavy (non-hydrogen) atoms. The van der Waals surface area contributed by atoms with Crippen LogP contribution in [0.4, 0.5) is 0 Å². The summed E-state index contributed by atoms with van der Waals surface area (Å²) in [5.41, 5.74) is 1.53. The molecule has 5 fully saturated rings. The van der Waals surface area contributed by atoms with Gasteiger partial charge in [0.15, 0.2) is 0 Å². The molecule has 1 aromatic rings. The molecule has 216 valence electrons. The van der Waals surface area contributed by atoms with Crippen molar-refractivity contribution in [2.45, 2.75) is 94.8 Å². The highest BCUT2D eigenvalue weighted by molar-refractivity contribution is 5.96. The van der Waals surface area contributed by atoms with Gasteiger partial charge in [-0.05, 0) is 92.6 Å². The minimum Gasteiger partial charge on any atom is -0.486 e. The molecule has 0 saturated heterocycles. The van der Waals surface area contributed by atoms with E-state index in [1.807, 2.05) is 35.2 Å². The van der Waals surface area contributed by atoms with Crippen molar-refractivity contribution in [3.05, 3.63) is 41.5 Å². The fourth-order valence-corrected chi connectivity index (χ4v) is 9.97. The van der Waals surface area contributed by atoms with E-state index >= 15 is 0 Å². The number of carbonyl (C=O) groups excluding carboxylic acids is 2. The van der Waals surface area contributed by atoms with Crippen LogP contribution in [0.3, 0.4) is 0 Å². The van der Waals surface area contributed by atoms with E-state index in [9.17, 15) is 19.8 Å². The molecule has 7 heteroatoms. The Hall–Kier alpha value is -2.38. The number of amides is 2. The van der Waals surface area contributed by atoms with Crippen molar-refractivity contribution < 1.29 is 24.5 Å². The second kappa shape index (κ2) is 10.5. The Labute approximate surface area is 237 Å². The lowest BCUT2D eigenvalue weighted by atomic mass is 9.49. The number of hydrogen-bond acceptors (Lipinski definition) is 5. The first-order valence-corrected chi connectivity index (χ1v) is 15.8. The molecule has 1 aromatic carbocycles. The van der Waals surface area contributed by atoms with Crippen molar-refractivity contribution in [3.63, 3.8) is 0 Å². The van der Waals surface area contributed by atoms with Crippen molar-refractivity contribution in [3.8, 4) is 5.75 Å². The largest absolute Gasteiger partial charge is 0.486 e. The lowest BCUT2D eigenvalue weighted by Crippen LogP contribution is -2.60. The Bertz CT molecular complexity index is 1140. The Kier molecular flexibility index (Phi) is 6.94. The Balaban J connectivity index is 1.25. The van der Waals surface area contributed by atoms with E-state index in [1.54, 1.807) is 0 Å². The SMILES string of the molecule is O=C(NCCO)C1=C[C@@H](N(CC23CC4CC(CC(C4)C2)C3)C(=O)CC2CCCC2)[C@H](O)[C@H]2Oc3ccccc3[C@@H]12. The van der Waals surface area contributed by atoms with Crippen LogP contribution in [0.2, 0.25) is 0 Å². The van der Waals surface area contributed by atoms with E-state index in [-0.39, 0.29) is 30.4 Å². The maximum Gasteiger partial charge on any atom is 0.247 e. The number of aliphatic hydroxyl groups is 2. The van der Waals surface area contributed by atoms with Gasteiger partial charge in [-0.15, -0.1) is 0 Å². The van der Waals surface area contributed by atoms with Crippen LogP contribution in [0.1, 0.15) is 82.1 Å². The molecule has 1 aliphatic heterocycles. The Morgan fingerprint density at radius 3 is 2.38 bits per heavy atom. The summed E-state index contributed by atoms with van der Waals surface area (Å²) in [6, 6.07) is 7.05. The quantitative estimate of drug-likeness (QED) is 0.457. The molecular formula is C33H44N2O5. The lowest BCUT2D eigenvalue weighted by Gasteiger charge is -2.58. The highest BCUT2D eigenvalue weighted by atomic mass is 16.5. The monoisotopic (exact) mass is 548 g/mol. The molecule has 3 N–H and O–H groups in total. The predicted molar refractivity (Wildman–Crippen MR) is 150 cm³/mol. The van der Waals surface area contributed by atoms with Gasteiger partial charge >= 0.3 is 0 Å². The van der Waals surface area contributed by atoms with E-state index in [2.05, 4.69) is 5.32 Å². The molecular weight excluding hydrogens is 504 g/mol. The van der Waals surface area contributed by atoms with Gasteiger partial charge in [-0.2, -0.15) is 0 Å². The molecule has 0 radical (unpaired) electrons. The summed E-state index contributed by atoms with van der Waals surface area (Å²) >= 11 is 0. The molecule has 4 bridgehead atoms. The fourth-order valence-electron chi connectivity index (χ4n) is 9.97. The Morgan fingerprint density at radius 1 is 1.02 bits per heavy atom. The molecule has 0 spiro atoms. The van der Waals surface area contributed by atoms with Crippen LogP contribution >= 0.6 is 0 Å².